The fourth-order valence-electron chi connectivity index (χ4n) is 3.32. The molecule has 5 heteroatoms. The van der Waals surface area contributed by atoms with Gasteiger partial charge in [-0.05, 0) is 18.9 Å². The number of hydrogen-bond acceptors (Lipinski definition) is 4. The molecular weight excluding hydrogens is 314 g/mol. The van der Waals surface area contributed by atoms with Crippen molar-refractivity contribution in [1.82, 2.24) is 4.57 Å². The number of aryl methyl sites for hydroxylation is 1. The predicted molar refractivity (Wildman–Crippen MR) is 96.1 cm³/mol. The van der Waals surface area contributed by atoms with Gasteiger partial charge in [-0.2, -0.15) is 5.26 Å². The minimum atomic E-state index is -0.311. The Morgan fingerprint density at radius 3 is 2.68 bits per heavy atom. The minimum absolute atomic E-state index is 0.105. The van der Waals surface area contributed by atoms with E-state index >= 15 is 0 Å². The first-order chi connectivity index (χ1) is 12.1. The first kappa shape index (κ1) is 16.8. The average molecular weight is 335 g/mol. The molecule has 1 aliphatic heterocycles. The molecule has 3 rings (SSSR count). The van der Waals surface area contributed by atoms with E-state index in [4.69, 9.17) is 10.5 Å². The maximum absolute atomic E-state index is 13.2. The predicted octanol–water partition coefficient (Wildman–Crippen LogP) is 3.18. The van der Waals surface area contributed by atoms with Crippen molar-refractivity contribution in [2.45, 2.75) is 39.2 Å². The van der Waals surface area contributed by atoms with E-state index in [0.29, 0.717) is 29.9 Å². The van der Waals surface area contributed by atoms with Gasteiger partial charge in [-0.3, -0.25) is 4.79 Å². The number of pyridine rings is 1. The molecule has 5 nitrogen and oxygen atoms in total. The van der Waals surface area contributed by atoms with Crippen molar-refractivity contribution < 1.29 is 4.74 Å². The lowest BCUT2D eigenvalue weighted by Crippen LogP contribution is -2.32. The van der Waals surface area contributed by atoms with Crippen LogP contribution in [-0.4, -0.2) is 4.57 Å². The van der Waals surface area contributed by atoms with Gasteiger partial charge in [0.1, 0.15) is 11.8 Å². The lowest BCUT2D eigenvalue weighted by atomic mass is 9.86. The van der Waals surface area contributed by atoms with E-state index in [0.717, 1.165) is 17.7 Å². The fraction of sp³-hybridized carbons (Fsp3) is 0.300. The molecular formula is C20H21N3O2. The normalized spacial score (nSPS) is 16.1. The van der Waals surface area contributed by atoms with E-state index in [9.17, 15) is 10.1 Å². The van der Waals surface area contributed by atoms with Gasteiger partial charge in [-0.25, -0.2) is 0 Å². The number of nitriles is 1. The first-order valence-corrected chi connectivity index (χ1v) is 8.42. The Morgan fingerprint density at radius 2 is 2.04 bits per heavy atom. The maximum Gasteiger partial charge on any atom is 0.258 e. The molecule has 128 valence electrons. The number of benzene rings is 1. The number of nitrogens with two attached hydrogens (primary N) is 1. The highest BCUT2D eigenvalue weighted by Gasteiger charge is 2.32. The highest BCUT2D eigenvalue weighted by Crippen LogP contribution is 2.38. The number of hydrogen-bond donors (Lipinski definition) is 1. The maximum atomic E-state index is 13.2. The molecule has 0 unspecified atom stereocenters. The zero-order valence-electron chi connectivity index (χ0n) is 14.5. The van der Waals surface area contributed by atoms with Crippen molar-refractivity contribution >= 4 is 0 Å². The monoisotopic (exact) mass is 335 g/mol. The number of nitrogens with zero attached hydrogens (tertiary/aromatic N) is 2. The van der Waals surface area contributed by atoms with Gasteiger partial charge in [0.2, 0.25) is 5.88 Å². The molecule has 0 aliphatic carbocycles. The Kier molecular flexibility index (Phi) is 4.62. The van der Waals surface area contributed by atoms with Crippen LogP contribution in [0.1, 0.15) is 42.5 Å². The smallest absolute Gasteiger partial charge is 0.258 e. The summed E-state index contributed by atoms with van der Waals surface area (Å²) in [5.41, 5.74) is 8.53. The van der Waals surface area contributed by atoms with Crippen LogP contribution in [0, 0.1) is 18.3 Å². The van der Waals surface area contributed by atoms with Crippen LogP contribution in [0.5, 0.6) is 5.75 Å². The summed E-state index contributed by atoms with van der Waals surface area (Å²) in [4.78, 5) is 13.2. The fourth-order valence-corrected chi connectivity index (χ4v) is 3.32. The third kappa shape index (κ3) is 3.03. The Labute approximate surface area is 147 Å². The summed E-state index contributed by atoms with van der Waals surface area (Å²) in [6, 6.07) is 13.8. The second kappa shape index (κ2) is 6.86. The summed E-state index contributed by atoms with van der Waals surface area (Å²) in [6.07, 6.45) is 1.53. The van der Waals surface area contributed by atoms with Crippen molar-refractivity contribution in [2.75, 3.05) is 0 Å². The minimum Gasteiger partial charge on any atom is -0.440 e. The molecule has 0 saturated carbocycles. The van der Waals surface area contributed by atoms with Crippen molar-refractivity contribution in [1.29, 1.82) is 5.26 Å². The molecule has 0 bridgehead atoms. The van der Waals surface area contributed by atoms with Crippen LogP contribution in [0.2, 0.25) is 0 Å². The Morgan fingerprint density at radius 1 is 1.32 bits per heavy atom. The first-order valence-electron chi connectivity index (χ1n) is 8.42. The van der Waals surface area contributed by atoms with E-state index in [1.807, 2.05) is 50.2 Å². The summed E-state index contributed by atoms with van der Waals surface area (Å²) in [6.45, 7) is 4.39. The Bertz CT molecular complexity index is 920. The van der Waals surface area contributed by atoms with Crippen molar-refractivity contribution in [3.8, 4) is 11.8 Å². The number of fused-ring (bicyclic) bond motifs is 1. The van der Waals surface area contributed by atoms with Gasteiger partial charge in [-0.15, -0.1) is 0 Å². The second-order valence-corrected chi connectivity index (χ2v) is 6.27. The molecule has 0 spiro atoms. The topological polar surface area (TPSA) is 81.0 Å². The third-order valence-electron chi connectivity index (χ3n) is 4.57. The van der Waals surface area contributed by atoms with Crippen LogP contribution in [-0.2, 0) is 6.54 Å². The van der Waals surface area contributed by atoms with E-state index in [1.165, 1.54) is 0 Å². The average Bonchev–Trinajstić information content (AvgIpc) is 2.59. The van der Waals surface area contributed by atoms with Gasteiger partial charge in [0.15, 0.2) is 0 Å². The highest BCUT2D eigenvalue weighted by atomic mass is 16.5. The van der Waals surface area contributed by atoms with Gasteiger partial charge < -0.3 is 15.0 Å². The van der Waals surface area contributed by atoms with E-state index in [1.54, 1.807) is 4.57 Å². The van der Waals surface area contributed by atoms with Crippen LogP contribution in [0.3, 0.4) is 0 Å². The van der Waals surface area contributed by atoms with E-state index < -0.39 is 0 Å². The molecule has 2 N–H and O–H groups in total. The highest BCUT2D eigenvalue weighted by molar-refractivity contribution is 5.49. The third-order valence-corrected chi connectivity index (χ3v) is 4.57. The second-order valence-electron chi connectivity index (χ2n) is 6.27. The Balaban J connectivity index is 2.14. The van der Waals surface area contributed by atoms with Gasteiger partial charge in [0, 0.05) is 17.7 Å². The van der Waals surface area contributed by atoms with Gasteiger partial charge in [0.05, 0.1) is 17.7 Å². The van der Waals surface area contributed by atoms with Crippen LogP contribution in [0.25, 0.3) is 0 Å². The molecule has 1 aliphatic rings. The van der Waals surface area contributed by atoms with Gasteiger partial charge >= 0.3 is 0 Å². The summed E-state index contributed by atoms with van der Waals surface area (Å²) in [5.74, 6) is 0.267. The molecule has 2 heterocycles. The summed E-state index contributed by atoms with van der Waals surface area (Å²) in [5, 5.41) is 9.46. The molecule has 25 heavy (non-hydrogen) atoms. The Hall–Kier alpha value is -3.00. The van der Waals surface area contributed by atoms with Gasteiger partial charge in [0.25, 0.3) is 5.56 Å². The lowest BCUT2D eigenvalue weighted by molar-refractivity contribution is 0.379. The molecule has 0 amide bonds. The number of aromatic nitrogens is 1. The van der Waals surface area contributed by atoms with E-state index in [2.05, 4.69) is 6.07 Å². The van der Waals surface area contributed by atoms with E-state index in [-0.39, 0.29) is 17.4 Å². The number of allylic oxidation sites excluding steroid dienone is 1. The molecule has 1 aromatic heterocycles. The van der Waals surface area contributed by atoms with Crippen LogP contribution >= 0.6 is 0 Å². The van der Waals surface area contributed by atoms with Crippen molar-refractivity contribution in [3.63, 3.8) is 0 Å². The van der Waals surface area contributed by atoms with Crippen LogP contribution in [0.15, 0.2) is 52.6 Å². The molecule has 0 saturated heterocycles. The number of rotatable bonds is 4. The zero-order valence-corrected chi connectivity index (χ0v) is 14.5. The molecule has 0 radical (unpaired) electrons. The van der Waals surface area contributed by atoms with Crippen molar-refractivity contribution in [2.24, 2.45) is 5.73 Å². The summed E-state index contributed by atoms with van der Waals surface area (Å²) >= 11 is 0. The standard InChI is InChI=1S/C20H21N3O2/c1-3-7-15-16(11-21)19(22)25-17-10-13(2)23(20(24)18(15)17)12-14-8-5-4-6-9-14/h4-6,8-10,15H,3,7,12,22H2,1-2H3/t15-/m0/s1. The molecule has 1 atom stereocenters. The lowest BCUT2D eigenvalue weighted by Gasteiger charge is -2.26. The molecule has 2 aromatic rings. The SMILES string of the molecule is CCC[C@H]1C(C#N)=C(N)Oc2cc(C)n(Cc3ccccc3)c(=O)c21. The van der Waals surface area contributed by atoms with Crippen molar-refractivity contribution in [3.05, 3.63) is 75.0 Å². The van der Waals surface area contributed by atoms with Gasteiger partial charge in [-0.1, -0.05) is 43.7 Å². The van der Waals surface area contributed by atoms with Crippen LogP contribution in [0.4, 0.5) is 0 Å². The molecule has 0 fully saturated rings. The van der Waals surface area contributed by atoms with Crippen LogP contribution < -0.4 is 16.0 Å². The largest absolute Gasteiger partial charge is 0.440 e. The quantitative estimate of drug-likeness (QED) is 0.930. The molecule has 1 aromatic carbocycles. The summed E-state index contributed by atoms with van der Waals surface area (Å²) < 4.78 is 7.33. The summed E-state index contributed by atoms with van der Waals surface area (Å²) in [7, 11) is 0. The zero-order chi connectivity index (χ0) is 18.0. The number of ether oxygens (including phenoxy) is 1.